The lowest BCUT2D eigenvalue weighted by Gasteiger charge is -2.19. The number of sulfonamides is 1. The topological polar surface area (TPSA) is 100 Å². The zero-order chi connectivity index (χ0) is 21.4. The van der Waals surface area contributed by atoms with Gasteiger partial charge in [-0.3, -0.25) is 0 Å². The molecule has 0 saturated carbocycles. The van der Waals surface area contributed by atoms with Crippen LogP contribution in [-0.4, -0.2) is 41.4 Å². The lowest BCUT2D eigenvalue weighted by molar-refractivity contribution is 0.451. The van der Waals surface area contributed by atoms with Crippen LogP contribution in [0.4, 0.5) is 0 Å². The molecule has 2 atom stereocenters. The van der Waals surface area contributed by atoms with E-state index in [0.29, 0.717) is 43.2 Å². The normalized spacial score (nSPS) is 22.2. The molecular formula is C22H21N5O3S. The maximum absolute atomic E-state index is 13.2. The monoisotopic (exact) mass is 435 g/mol. The highest BCUT2D eigenvalue weighted by molar-refractivity contribution is 7.89. The zero-order valence-electron chi connectivity index (χ0n) is 16.7. The molecule has 2 aromatic carbocycles. The first-order valence-corrected chi connectivity index (χ1v) is 11.5. The summed E-state index contributed by atoms with van der Waals surface area (Å²) in [6, 6.07) is 14.1. The van der Waals surface area contributed by atoms with Crippen LogP contribution in [0.2, 0.25) is 0 Å². The van der Waals surface area contributed by atoms with Gasteiger partial charge in [-0.25, -0.2) is 13.4 Å². The minimum atomic E-state index is -3.64. The number of hydrogen-bond donors (Lipinski definition) is 1. The highest BCUT2D eigenvalue weighted by Gasteiger charge is 2.32. The number of imidazole rings is 1. The number of ether oxygens (including phenoxy) is 1. The first-order valence-electron chi connectivity index (χ1n) is 10.1. The Hall–Kier alpha value is -3.19. The fourth-order valence-electron chi connectivity index (χ4n) is 4.01. The summed E-state index contributed by atoms with van der Waals surface area (Å²) in [5.41, 5.74) is 2.34. The van der Waals surface area contributed by atoms with E-state index in [0.717, 1.165) is 17.7 Å². The van der Waals surface area contributed by atoms with Crippen LogP contribution >= 0.6 is 0 Å². The van der Waals surface area contributed by atoms with Gasteiger partial charge in [0, 0.05) is 44.5 Å². The SMILES string of the molecule is N#Cc1ccc2cc1Oc1cccc(c1)S(=O)(=O)N1CC[C@@H](C1)NCc1cncn1C2. The lowest BCUT2D eigenvalue weighted by Crippen LogP contribution is -2.35. The highest BCUT2D eigenvalue weighted by atomic mass is 32.2. The van der Waals surface area contributed by atoms with Crippen molar-refractivity contribution < 1.29 is 13.2 Å². The summed E-state index contributed by atoms with van der Waals surface area (Å²) in [4.78, 5) is 4.46. The molecular weight excluding hydrogens is 414 g/mol. The van der Waals surface area contributed by atoms with E-state index in [1.807, 2.05) is 22.9 Å². The molecule has 2 aliphatic rings. The van der Waals surface area contributed by atoms with Gasteiger partial charge in [-0.1, -0.05) is 12.1 Å². The Morgan fingerprint density at radius 3 is 3.00 bits per heavy atom. The van der Waals surface area contributed by atoms with E-state index in [1.54, 1.807) is 30.6 Å². The fraction of sp³-hybridized carbons (Fsp3) is 0.273. The van der Waals surface area contributed by atoms with Gasteiger partial charge in [-0.2, -0.15) is 9.57 Å². The van der Waals surface area contributed by atoms with Gasteiger partial charge < -0.3 is 14.6 Å². The second-order valence-corrected chi connectivity index (χ2v) is 9.70. The van der Waals surface area contributed by atoms with Gasteiger partial charge in [-0.05, 0) is 36.2 Å². The molecule has 0 spiro atoms. The average molecular weight is 436 g/mol. The fourth-order valence-corrected chi connectivity index (χ4v) is 5.55. The van der Waals surface area contributed by atoms with Gasteiger partial charge in [0.05, 0.1) is 22.5 Å². The van der Waals surface area contributed by atoms with Crippen LogP contribution in [0.3, 0.4) is 0 Å². The maximum Gasteiger partial charge on any atom is 0.243 e. The maximum atomic E-state index is 13.2. The molecule has 31 heavy (non-hydrogen) atoms. The summed E-state index contributed by atoms with van der Waals surface area (Å²) in [6.07, 6.45) is 4.33. The molecule has 6 bridgehead atoms. The molecule has 3 aromatic rings. The van der Waals surface area contributed by atoms with Crippen molar-refractivity contribution in [2.75, 3.05) is 13.1 Å². The molecule has 1 aromatic heterocycles. The van der Waals surface area contributed by atoms with Gasteiger partial charge in [0.25, 0.3) is 0 Å². The average Bonchev–Trinajstić information content (AvgIpc) is 3.42. The molecule has 5 rings (SSSR count). The first kappa shape index (κ1) is 19.8. The zero-order valence-corrected chi connectivity index (χ0v) is 17.5. The van der Waals surface area contributed by atoms with Crippen molar-refractivity contribution >= 4 is 10.0 Å². The predicted octanol–water partition coefficient (Wildman–Crippen LogP) is 2.46. The summed E-state index contributed by atoms with van der Waals surface area (Å²) < 4.78 is 35.9. The van der Waals surface area contributed by atoms with E-state index >= 15 is 0 Å². The van der Waals surface area contributed by atoms with Crippen LogP contribution < -0.4 is 10.1 Å². The van der Waals surface area contributed by atoms with Gasteiger partial charge in [0.1, 0.15) is 17.6 Å². The van der Waals surface area contributed by atoms with Crippen LogP contribution in [-0.2, 0) is 23.1 Å². The summed E-state index contributed by atoms with van der Waals surface area (Å²) in [5, 5.41) is 13.0. The second-order valence-electron chi connectivity index (χ2n) is 7.76. The van der Waals surface area contributed by atoms with Crippen LogP contribution in [0.1, 0.15) is 23.2 Å². The summed E-state index contributed by atoms with van der Waals surface area (Å²) in [6.45, 7) is 2.06. The molecule has 9 heteroatoms. The predicted molar refractivity (Wildman–Crippen MR) is 113 cm³/mol. The van der Waals surface area contributed by atoms with E-state index < -0.39 is 10.0 Å². The van der Waals surface area contributed by atoms with Crippen LogP contribution in [0.15, 0.2) is 59.9 Å². The van der Waals surface area contributed by atoms with Crippen molar-refractivity contribution in [2.24, 2.45) is 0 Å². The van der Waals surface area contributed by atoms with Gasteiger partial charge in [0.2, 0.25) is 10.0 Å². The number of aromatic nitrogens is 2. The number of nitriles is 1. The Labute approximate surface area is 180 Å². The Morgan fingerprint density at radius 2 is 2.13 bits per heavy atom. The highest BCUT2D eigenvalue weighted by Crippen LogP contribution is 2.30. The van der Waals surface area contributed by atoms with E-state index in [-0.39, 0.29) is 10.9 Å². The smallest absolute Gasteiger partial charge is 0.243 e. The molecule has 8 nitrogen and oxygen atoms in total. The van der Waals surface area contributed by atoms with Crippen molar-refractivity contribution in [3.8, 4) is 17.6 Å². The molecule has 1 unspecified atom stereocenters. The first-order chi connectivity index (χ1) is 15.0. The number of nitrogens with zero attached hydrogens (tertiary/aromatic N) is 4. The number of nitrogens with one attached hydrogen (secondary N) is 1. The van der Waals surface area contributed by atoms with Gasteiger partial charge in [0.15, 0.2) is 0 Å². The van der Waals surface area contributed by atoms with Crippen molar-refractivity contribution in [1.82, 2.24) is 19.2 Å². The molecule has 2 aliphatic heterocycles. The Kier molecular flexibility index (Phi) is 4.98. The molecule has 1 N–H and O–H groups in total. The molecule has 1 fully saturated rings. The van der Waals surface area contributed by atoms with Crippen LogP contribution in [0.25, 0.3) is 0 Å². The number of benzene rings is 2. The number of hydrogen-bond acceptors (Lipinski definition) is 6. The molecule has 0 aliphatic carbocycles. The summed E-state index contributed by atoms with van der Waals surface area (Å²) >= 11 is 0. The summed E-state index contributed by atoms with van der Waals surface area (Å²) in [5.74, 6) is 0.765. The Balaban J connectivity index is 1.60. The van der Waals surface area contributed by atoms with Crippen molar-refractivity contribution in [3.05, 3.63) is 71.8 Å². The van der Waals surface area contributed by atoms with Crippen molar-refractivity contribution in [1.29, 1.82) is 5.26 Å². The molecule has 158 valence electrons. The number of rotatable bonds is 0. The second kappa shape index (κ2) is 7.81. The molecule has 1 saturated heterocycles. The quantitative estimate of drug-likeness (QED) is 0.582. The van der Waals surface area contributed by atoms with Gasteiger partial charge >= 0.3 is 0 Å². The summed E-state index contributed by atoms with van der Waals surface area (Å²) in [7, 11) is -3.64. The third-order valence-electron chi connectivity index (χ3n) is 5.71. The third-order valence-corrected chi connectivity index (χ3v) is 7.57. The Bertz CT molecular complexity index is 1280. The molecule has 0 radical (unpaired) electrons. The van der Waals surface area contributed by atoms with E-state index in [2.05, 4.69) is 16.4 Å². The number of fused-ring (bicyclic) bond motifs is 7. The van der Waals surface area contributed by atoms with Crippen LogP contribution in [0, 0.1) is 11.3 Å². The third kappa shape index (κ3) is 3.81. The lowest BCUT2D eigenvalue weighted by atomic mass is 10.1. The minimum absolute atomic E-state index is 0.0759. The standard InChI is InChI=1S/C22H21N5O3S/c23-10-17-5-4-16-8-22(17)30-20-2-1-3-21(9-20)31(28,29)27-7-6-18(14-27)25-12-19-11-24-15-26(19)13-16/h1-5,8-9,11,15,18,25H,6-7,12-14H2/t18-/m0/s1. The molecule has 0 amide bonds. The van der Waals surface area contributed by atoms with E-state index in [9.17, 15) is 13.7 Å². The largest absolute Gasteiger partial charge is 0.456 e. The van der Waals surface area contributed by atoms with Gasteiger partial charge in [-0.15, -0.1) is 0 Å². The van der Waals surface area contributed by atoms with Crippen molar-refractivity contribution in [2.45, 2.75) is 30.4 Å². The minimum Gasteiger partial charge on any atom is -0.456 e. The van der Waals surface area contributed by atoms with Crippen LogP contribution in [0.5, 0.6) is 11.5 Å². The molecule has 3 heterocycles. The van der Waals surface area contributed by atoms with E-state index in [4.69, 9.17) is 4.74 Å². The van der Waals surface area contributed by atoms with E-state index in [1.165, 1.54) is 10.4 Å². The Morgan fingerprint density at radius 1 is 1.23 bits per heavy atom. The van der Waals surface area contributed by atoms with Crippen molar-refractivity contribution in [3.63, 3.8) is 0 Å².